The molecule has 2 rings (SSSR count). The Kier molecular flexibility index (Phi) is 7.87. The van der Waals surface area contributed by atoms with Crippen LogP contribution in [0.25, 0.3) is 6.08 Å². The SMILES string of the molecule is CCOC(=O)/C=C/c1ccc(C)c(CC=C(C)C)c1OCc1ccccc1. The number of rotatable bonds is 8. The fourth-order valence-corrected chi connectivity index (χ4v) is 2.68. The molecule has 2 aromatic carbocycles. The molecule has 0 spiro atoms. The van der Waals surface area contributed by atoms with Gasteiger partial charge in [-0.15, -0.1) is 0 Å². The molecule has 2 aromatic rings. The van der Waals surface area contributed by atoms with Crippen LogP contribution in [0.4, 0.5) is 0 Å². The first-order chi connectivity index (χ1) is 13.0. The van der Waals surface area contributed by atoms with Crippen LogP contribution in [-0.2, 0) is 22.6 Å². The maximum Gasteiger partial charge on any atom is 0.330 e. The van der Waals surface area contributed by atoms with Crippen molar-refractivity contribution in [2.24, 2.45) is 0 Å². The van der Waals surface area contributed by atoms with E-state index >= 15 is 0 Å². The quantitative estimate of drug-likeness (QED) is 0.344. The highest BCUT2D eigenvalue weighted by molar-refractivity contribution is 5.87. The summed E-state index contributed by atoms with van der Waals surface area (Å²) in [5, 5.41) is 0. The van der Waals surface area contributed by atoms with Gasteiger partial charge in [0.25, 0.3) is 0 Å². The Balaban J connectivity index is 2.37. The average Bonchev–Trinajstić information content (AvgIpc) is 2.65. The van der Waals surface area contributed by atoms with E-state index in [9.17, 15) is 4.79 Å². The lowest BCUT2D eigenvalue weighted by atomic mass is 9.99. The van der Waals surface area contributed by atoms with Gasteiger partial charge in [-0.3, -0.25) is 0 Å². The summed E-state index contributed by atoms with van der Waals surface area (Å²) >= 11 is 0. The van der Waals surface area contributed by atoms with E-state index in [2.05, 4.69) is 32.9 Å². The predicted octanol–water partition coefficient (Wildman–Crippen LogP) is 5.66. The molecule has 0 unspecified atom stereocenters. The van der Waals surface area contributed by atoms with Gasteiger partial charge < -0.3 is 9.47 Å². The van der Waals surface area contributed by atoms with Gasteiger partial charge in [0.15, 0.2) is 0 Å². The van der Waals surface area contributed by atoms with Crippen LogP contribution in [0.15, 0.2) is 60.2 Å². The van der Waals surface area contributed by atoms with Gasteiger partial charge in [-0.25, -0.2) is 4.79 Å². The molecule has 0 radical (unpaired) electrons. The molecule has 0 atom stereocenters. The van der Waals surface area contributed by atoms with E-state index in [-0.39, 0.29) is 5.97 Å². The first-order valence-electron chi connectivity index (χ1n) is 9.28. The third-order valence-corrected chi connectivity index (χ3v) is 4.15. The maximum atomic E-state index is 11.7. The summed E-state index contributed by atoms with van der Waals surface area (Å²) in [5.74, 6) is 0.467. The number of ether oxygens (including phenoxy) is 2. The number of benzene rings is 2. The third-order valence-electron chi connectivity index (χ3n) is 4.15. The second kappa shape index (κ2) is 10.4. The van der Waals surface area contributed by atoms with Crippen molar-refractivity contribution in [1.29, 1.82) is 0 Å². The Hall–Kier alpha value is -2.81. The Labute approximate surface area is 162 Å². The van der Waals surface area contributed by atoms with Gasteiger partial charge in [-0.05, 0) is 51.3 Å². The Morgan fingerprint density at radius 3 is 2.48 bits per heavy atom. The Morgan fingerprint density at radius 1 is 1.07 bits per heavy atom. The fourth-order valence-electron chi connectivity index (χ4n) is 2.68. The lowest BCUT2D eigenvalue weighted by Gasteiger charge is -2.16. The van der Waals surface area contributed by atoms with Gasteiger partial charge in [0.05, 0.1) is 6.61 Å². The highest BCUT2D eigenvalue weighted by atomic mass is 16.5. The summed E-state index contributed by atoms with van der Waals surface area (Å²) in [4.78, 5) is 11.7. The van der Waals surface area contributed by atoms with E-state index in [1.54, 1.807) is 13.0 Å². The summed E-state index contributed by atoms with van der Waals surface area (Å²) in [7, 11) is 0. The van der Waals surface area contributed by atoms with E-state index in [0.29, 0.717) is 13.2 Å². The van der Waals surface area contributed by atoms with E-state index in [1.807, 2.05) is 36.4 Å². The predicted molar refractivity (Wildman–Crippen MR) is 111 cm³/mol. The van der Waals surface area contributed by atoms with Crippen molar-refractivity contribution in [1.82, 2.24) is 0 Å². The van der Waals surface area contributed by atoms with Crippen molar-refractivity contribution >= 4 is 12.0 Å². The number of carbonyl (C=O) groups excluding carboxylic acids is 1. The molecule has 0 heterocycles. The zero-order chi connectivity index (χ0) is 19.6. The Morgan fingerprint density at radius 2 is 1.81 bits per heavy atom. The van der Waals surface area contributed by atoms with Crippen molar-refractivity contribution in [3.05, 3.63) is 82.4 Å². The second-order valence-electron chi connectivity index (χ2n) is 6.62. The molecular weight excluding hydrogens is 336 g/mol. The molecule has 0 bridgehead atoms. The van der Waals surface area contributed by atoms with Gasteiger partial charge in [0.1, 0.15) is 12.4 Å². The lowest BCUT2D eigenvalue weighted by molar-refractivity contribution is -0.137. The van der Waals surface area contributed by atoms with Crippen molar-refractivity contribution in [2.75, 3.05) is 6.61 Å². The van der Waals surface area contributed by atoms with Crippen LogP contribution in [-0.4, -0.2) is 12.6 Å². The summed E-state index contributed by atoms with van der Waals surface area (Å²) in [6.45, 7) is 8.90. The average molecular weight is 364 g/mol. The summed E-state index contributed by atoms with van der Waals surface area (Å²) in [5.41, 5.74) is 5.55. The van der Waals surface area contributed by atoms with Crippen molar-refractivity contribution in [3.8, 4) is 5.75 Å². The van der Waals surface area contributed by atoms with Crippen LogP contribution in [0.2, 0.25) is 0 Å². The number of allylic oxidation sites excluding steroid dienone is 2. The molecular formula is C24H28O3. The maximum absolute atomic E-state index is 11.7. The molecule has 0 N–H and O–H groups in total. The zero-order valence-corrected chi connectivity index (χ0v) is 16.6. The second-order valence-corrected chi connectivity index (χ2v) is 6.62. The molecule has 27 heavy (non-hydrogen) atoms. The minimum Gasteiger partial charge on any atom is -0.488 e. The number of hydrogen-bond acceptors (Lipinski definition) is 3. The largest absolute Gasteiger partial charge is 0.488 e. The number of aryl methyl sites for hydroxylation is 1. The minimum atomic E-state index is -0.349. The highest BCUT2D eigenvalue weighted by Gasteiger charge is 2.12. The molecule has 142 valence electrons. The molecule has 0 aliphatic rings. The molecule has 0 aromatic heterocycles. The molecule has 0 aliphatic carbocycles. The topological polar surface area (TPSA) is 35.5 Å². The third kappa shape index (κ3) is 6.45. The van der Waals surface area contributed by atoms with Crippen molar-refractivity contribution in [3.63, 3.8) is 0 Å². The van der Waals surface area contributed by atoms with Crippen LogP contribution in [0, 0.1) is 6.92 Å². The zero-order valence-electron chi connectivity index (χ0n) is 16.6. The fraction of sp³-hybridized carbons (Fsp3) is 0.292. The van der Waals surface area contributed by atoms with Gasteiger partial charge in [0.2, 0.25) is 0 Å². The molecule has 0 amide bonds. The van der Waals surface area contributed by atoms with E-state index in [1.165, 1.54) is 17.2 Å². The molecule has 3 nitrogen and oxygen atoms in total. The monoisotopic (exact) mass is 364 g/mol. The van der Waals surface area contributed by atoms with Crippen LogP contribution in [0.5, 0.6) is 5.75 Å². The van der Waals surface area contributed by atoms with Crippen molar-refractivity contribution in [2.45, 2.75) is 40.7 Å². The normalized spacial score (nSPS) is 10.7. The van der Waals surface area contributed by atoms with Crippen LogP contribution in [0.1, 0.15) is 43.0 Å². The first kappa shape index (κ1) is 20.5. The molecule has 3 heteroatoms. The smallest absolute Gasteiger partial charge is 0.330 e. The first-order valence-corrected chi connectivity index (χ1v) is 9.28. The van der Waals surface area contributed by atoms with E-state index < -0.39 is 0 Å². The Bertz CT molecular complexity index is 813. The number of hydrogen-bond donors (Lipinski definition) is 0. The van der Waals surface area contributed by atoms with Crippen LogP contribution < -0.4 is 4.74 Å². The van der Waals surface area contributed by atoms with E-state index in [0.717, 1.165) is 28.9 Å². The molecule has 0 saturated heterocycles. The van der Waals surface area contributed by atoms with E-state index in [4.69, 9.17) is 9.47 Å². The van der Waals surface area contributed by atoms with Gasteiger partial charge in [-0.1, -0.05) is 54.1 Å². The van der Waals surface area contributed by atoms with Gasteiger partial charge in [-0.2, -0.15) is 0 Å². The number of esters is 1. The standard InChI is InChI=1S/C24H28O3/c1-5-26-23(25)16-14-21-13-12-19(4)22(15-11-18(2)3)24(21)27-17-20-9-7-6-8-10-20/h6-14,16H,5,15,17H2,1-4H3/b16-14+. The van der Waals surface area contributed by atoms with Crippen molar-refractivity contribution < 1.29 is 14.3 Å². The number of carbonyl (C=O) groups is 1. The molecule has 0 fully saturated rings. The summed E-state index contributed by atoms with van der Waals surface area (Å²) in [6.07, 6.45) is 6.20. The van der Waals surface area contributed by atoms with Gasteiger partial charge in [0, 0.05) is 17.2 Å². The highest BCUT2D eigenvalue weighted by Crippen LogP contribution is 2.30. The van der Waals surface area contributed by atoms with Crippen LogP contribution >= 0.6 is 0 Å². The molecule has 0 saturated carbocycles. The van der Waals surface area contributed by atoms with Gasteiger partial charge >= 0.3 is 5.97 Å². The summed E-state index contributed by atoms with van der Waals surface area (Å²) < 4.78 is 11.2. The summed E-state index contributed by atoms with van der Waals surface area (Å²) in [6, 6.07) is 14.1. The lowest BCUT2D eigenvalue weighted by Crippen LogP contribution is -2.03. The minimum absolute atomic E-state index is 0.349. The molecule has 0 aliphatic heterocycles. The van der Waals surface area contributed by atoms with Crippen LogP contribution in [0.3, 0.4) is 0 Å².